The third-order valence-electron chi connectivity index (χ3n) is 2.31. The maximum Gasteiger partial charge on any atom is 0.0782 e. The van der Waals surface area contributed by atoms with Crippen LogP contribution in [0.1, 0.15) is 39.5 Å². The van der Waals surface area contributed by atoms with Crippen LogP contribution in [0.15, 0.2) is 12.2 Å². The second-order valence-corrected chi connectivity index (χ2v) is 4.11. The van der Waals surface area contributed by atoms with E-state index in [9.17, 15) is 0 Å². The third kappa shape index (κ3) is 2.98. The van der Waals surface area contributed by atoms with Gasteiger partial charge in [0.15, 0.2) is 0 Å². The van der Waals surface area contributed by atoms with Crippen molar-refractivity contribution in [1.29, 1.82) is 0 Å². The first-order valence-electron chi connectivity index (χ1n) is 4.99. The third-order valence-corrected chi connectivity index (χ3v) is 2.31. The quantitative estimate of drug-likeness (QED) is 0.588. The SMILES string of the molecule is C=C(CC(C)C)C1CCCCO1. The van der Waals surface area contributed by atoms with Gasteiger partial charge in [-0.2, -0.15) is 0 Å². The Labute approximate surface area is 75.8 Å². The zero-order valence-electron chi connectivity index (χ0n) is 8.31. The van der Waals surface area contributed by atoms with Gasteiger partial charge in [0.1, 0.15) is 0 Å². The van der Waals surface area contributed by atoms with E-state index in [0.29, 0.717) is 12.0 Å². The van der Waals surface area contributed by atoms with Crippen molar-refractivity contribution in [3.05, 3.63) is 12.2 Å². The molecule has 1 nitrogen and oxygen atoms in total. The molecule has 70 valence electrons. The van der Waals surface area contributed by atoms with E-state index in [1.807, 2.05) is 0 Å². The van der Waals surface area contributed by atoms with Gasteiger partial charge in [0.05, 0.1) is 6.10 Å². The molecule has 1 aliphatic heterocycles. The van der Waals surface area contributed by atoms with Gasteiger partial charge in [0.25, 0.3) is 0 Å². The molecule has 0 aromatic carbocycles. The largest absolute Gasteiger partial charge is 0.374 e. The van der Waals surface area contributed by atoms with Gasteiger partial charge in [0.2, 0.25) is 0 Å². The van der Waals surface area contributed by atoms with Crippen LogP contribution >= 0.6 is 0 Å². The van der Waals surface area contributed by atoms with Crippen molar-refractivity contribution < 1.29 is 4.74 Å². The van der Waals surface area contributed by atoms with Crippen molar-refractivity contribution in [3.63, 3.8) is 0 Å². The van der Waals surface area contributed by atoms with Crippen LogP contribution in [0.5, 0.6) is 0 Å². The molecule has 0 aromatic rings. The summed E-state index contributed by atoms with van der Waals surface area (Å²) in [7, 11) is 0. The zero-order valence-corrected chi connectivity index (χ0v) is 8.31. The maximum atomic E-state index is 5.64. The lowest BCUT2D eigenvalue weighted by Crippen LogP contribution is -2.21. The summed E-state index contributed by atoms with van der Waals surface area (Å²) in [6.07, 6.45) is 5.20. The van der Waals surface area contributed by atoms with Gasteiger partial charge < -0.3 is 4.74 Å². The summed E-state index contributed by atoms with van der Waals surface area (Å²) in [5.41, 5.74) is 1.30. The molecule has 0 amide bonds. The van der Waals surface area contributed by atoms with Crippen LogP contribution in [0.3, 0.4) is 0 Å². The fraction of sp³-hybridized carbons (Fsp3) is 0.818. The number of rotatable bonds is 3. The van der Waals surface area contributed by atoms with E-state index in [0.717, 1.165) is 13.0 Å². The molecule has 1 heterocycles. The van der Waals surface area contributed by atoms with E-state index in [1.165, 1.54) is 24.8 Å². The van der Waals surface area contributed by atoms with Gasteiger partial charge in [-0.25, -0.2) is 0 Å². The van der Waals surface area contributed by atoms with E-state index in [-0.39, 0.29) is 0 Å². The minimum atomic E-state index is 0.362. The Bertz CT molecular complexity index is 143. The van der Waals surface area contributed by atoms with Crippen LogP contribution < -0.4 is 0 Å². The molecule has 0 N–H and O–H groups in total. The lowest BCUT2D eigenvalue weighted by atomic mass is 9.95. The van der Waals surface area contributed by atoms with Gasteiger partial charge in [-0.3, -0.25) is 0 Å². The van der Waals surface area contributed by atoms with Crippen LogP contribution in [-0.4, -0.2) is 12.7 Å². The molecule has 1 heteroatoms. The molecule has 0 bridgehead atoms. The lowest BCUT2D eigenvalue weighted by Gasteiger charge is -2.25. The van der Waals surface area contributed by atoms with Crippen LogP contribution in [0, 0.1) is 5.92 Å². The van der Waals surface area contributed by atoms with Crippen LogP contribution in [0.25, 0.3) is 0 Å². The average molecular weight is 168 g/mol. The summed E-state index contributed by atoms with van der Waals surface area (Å²) in [5, 5.41) is 0. The van der Waals surface area contributed by atoms with Gasteiger partial charge >= 0.3 is 0 Å². The van der Waals surface area contributed by atoms with Gasteiger partial charge in [0, 0.05) is 6.61 Å². The highest BCUT2D eigenvalue weighted by molar-refractivity contribution is 5.03. The molecule has 1 atom stereocenters. The molecular weight excluding hydrogens is 148 g/mol. The first-order chi connectivity index (χ1) is 5.70. The van der Waals surface area contributed by atoms with E-state index in [2.05, 4.69) is 20.4 Å². The van der Waals surface area contributed by atoms with E-state index >= 15 is 0 Å². The highest BCUT2D eigenvalue weighted by atomic mass is 16.5. The smallest absolute Gasteiger partial charge is 0.0782 e. The lowest BCUT2D eigenvalue weighted by molar-refractivity contribution is 0.0367. The second-order valence-electron chi connectivity index (χ2n) is 4.11. The van der Waals surface area contributed by atoms with Crippen LogP contribution in [0.2, 0.25) is 0 Å². The first kappa shape index (κ1) is 9.79. The first-order valence-corrected chi connectivity index (χ1v) is 4.99. The van der Waals surface area contributed by atoms with Crippen molar-refractivity contribution in [2.24, 2.45) is 5.92 Å². The Morgan fingerprint density at radius 2 is 2.25 bits per heavy atom. The Morgan fingerprint density at radius 1 is 1.50 bits per heavy atom. The molecule has 0 saturated carbocycles. The summed E-state index contributed by atoms with van der Waals surface area (Å²) in [5.74, 6) is 0.711. The van der Waals surface area contributed by atoms with Crippen molar-refractivity contribution in [3.8, 4) is 0 Å². The maximum absolute atomic E-state index is 5.64. The second kappa shape index (κ2) is 4.66. The molecule has 0 spiro atoms. The summed E-state index contributed by atoms with van der Waals surface area (Å²) in [6, 6.07) is 0. The van der Waals surface area contributed by atoms with Gasteiger partial charge in [-0.15, -0.1) is 0 Å². The molecule has 0 aromatic heterocycles. The fourth-order valence-corrected chi connectivity index (χ4v) is 1.72. The standard InChI is InChI=1S/C11H20O/c1-9(2)8-10(3)11-6-4-5-7-12-11/h9,11H,3-8H2,1-2H3. The Hall–Kier alpha value is -0.300. The Balaban J connectivity index is 2.30. The van der Waals surface area contributed by atoms with Crippen molar-refractivity contribution >= 4 is 0 Å². The predicted octanol–water partition coefficient (Wildman–Crippen LogP) is 3.16. The topological polar surface area (TPSA) is 9.23 Å². The zero-order chi connectivity index (χ0) is 8.97. The van der Waals surface area contributed by atoms with E-state index < -0.39 is 0 Å². The van der Waals surface area contributed by atoms with E-state index in [4.69, 9.17) is 4.74 Å². The van der Waals surface area contributed by atoms with Gasteiger partial charge in [-0.05, 0) is 37.2 Å². The minimum absolute atomic E-state index is 0.362. The Kier molecular flexibility index (Phi) is 3.80. The van der Waals surface area contributed by atoms with Crippen molar-refractivity contribution in [2.45, 2.75) is 45.6 Å². The fourth-order valence-electron chi connectivity index (χ4n) is 1.72. The molecule has 1 unspecified atom stereocenters. The minimum Gasteiger partial charge on any atom is -0.374 e. The average Bonchev–Trinajstić information content (AvgIpc) is 2.05. The molecule has 12 heavy (non-hydrogen) atoms. The van der Waals surface area contributed by atoms with Crippen molar-refractivity contribution in [1.82, 2.24) is 0 Å². The number of hydrogen-bond acceptors (Lipinski definition) is 1. The number of ether oxygens (including phenoxy) is 1. The summed E-state index contributed by atoms with van der Waals surface area (Å²) >= 11 is 0. The number of hydrogen-bond donors (Lipinski definition) is 0. The highest BCUT2D eigenvalue weighted by Crippen LogP contribution is 2.22. The molecule has 1 rings (SSSR count). The van der Waals surface area contributed by atoms with Crippen LogP contribution in [-0.2, 0) is 4.74 Å². The van der Waals surface area contributed by atoms with Gasteiger partial charge in [-0.1, -0.05) is 20.4 Å². The summed E-state index contributed by atoms with van der Waals surface area (Å²) in [4.78, 5) is 0. The molecule has 0 radical (unpaired) electrons. The van der Waals surface area contributed by atoms with Crippen molar-refractivity contribution in [2.75, 3.05) is 6.61 Å². The van der Waals surface area contributed by atoms with Crippen LogP contribution in [0.4, 0.5) is 0 Å². The highest BCUT2D eigenvalue weighted by Gasteiger charge is 2.17. The molecular formula is C11H20O. The Morgan fingerprint density at radius 3 is 2.75 bits per heavy atom. The molecule has 0 aliphatic carbocycles. The summed E-state index contributed by atoms with van der Waals surface area (Å²) in [6.45, 7) is 9.49. The monoisotopic (exact) mass is 168 g/mol. The normalized spacial score (nSPS) is 24.4. The summed E-state index contributed by atoms with van der Waals surface area (Å²) < 4.78 is 5.64. The van der Waals surface area contributed by atoms with E-state index in [1.54, 1.807) is 0 Å². The molecule has 1 aliphatic rings. The molecule has 1 saturated heterocycles. The molecule has 1 fully saturated rings. The predicted molar refractivity (Wildman–Crippen MR) is 52.2 cm³/mol.